The predicted molar refractivity (Wildman–Crippen MR) is 141 cm³/mol. The lowest BCUT2D eigenvalue weighted by Crippen LogP contribution is -2.35. The number of nitrogens with zero attached hydrogens (tertiary/aromatic N) is 2. The summed E-state index contributed by atoms with van der Waals surface area (Å²) in [5.41, 5.74) is 13.0. The first kappa shape index (κ1) is 23.8. The van der Waals surface area contributed by atoms with Gasteiger partial charge in [-0.1, -0.05) is 48.0 Å². The maximum Gasteiger partial charge on any atom is 0.251 e. The molecule has 5 rings (SSSR count). The SMILES string of the molecule is COCCN1CCC(c2ccc(-c3cc(-c4ccc5c(c4)CCNC5=O)c(N)nc3Cl)cc2)CC1. The summed E-state index contributed by atoms with van der Waals surface area (Å²) >= 11 is 6.54. The predicted octanol–water partition coefficient (Wildman–Crippen LogP) is 4.76. The van der Waals surface area contributed by atoms with E-state index in [-0.39, 0.29) is 5.91 Å². The van der Waals surface area contributed by atoms with Crippen molar-refractivity contribution in [2.24, 2.45) is 0 Å². The van der Waals surface area contributed by atoms with Gasteiger partial charge in [-0.15, -0.1) is 0 Å². The summed E-state index contributed by atoms with van der Waals surface area (Å²) in [5, 5.41) is 3.28. The zero-order valence-corrected chi connectivity index (χ0v) is 20.8. The molecule has 2 aromatic carbocycles. The number of aromatic nitrogens is 1. The summed E-state index contributed by atoms with van der Waals surface area (Å²) in [6.07, 6.45) is 3.12. The van der Waals surface area contributed by atoms with Gasteiger partial charge < -0.3 is 20.7 Å². The van der Waals surface area contributed by atoms with E-state index in [2.05, 4.69) is 39.5 Å². The molecule has 0 unspecified atom stereocenters. The number of fused-ring (bicyclic) bond motifs is 1. The highest BCUT2D eigenvalue weighted by Gasteiger charge is 2.21. The van der Waals surface area contributed by atoms with Crippen LogP contribution in [0.5, 0.6) is 0 Å². The molecule has 0 radical (unpaired) electrons. The van der Waals surface area contributed by atoms with Crippen molar-refractivity contribution in [3.05, 3.63) is 70.4 Å². The molecule has 0 saturated carbocycles. The smallest absolute Gasteiger partial charge is 0.251 e. The summed E-state index contributed by atoms with van der Waals surface area (Å²) in [4.78, 5) is 19.0. The minimum Gasteiger partial charge on any atom is -0.383 e. The number of halogens is 1. The third-order valence-corrected chi connectivity index (χ3v) is 7.53. The number of pyridine rings is 1. The van der Waals surface area contributed by atoms with Crippen molar-refractivity contribution in [1.29, 1.82) is 0 Å². The molecular weight excluding hydrogens is 460 g/mol. The van der Waals surface area contributed by atoms with Crippen molar-refractivity contribution in [2.45, 2.75) is 25.2 Å². The second-order valence-electron chi connectivity index (χ2n) is 9.37. The standard InChI is InChI=1S/C28H31ClN4O2/c1-35-15-14-33-12-9-19(10-13-33)18-2-4-20(5-3-18)24-17-25(27(30)32-26(24)29)21-6-7-23-22(16-21)8-11-31-28(23)34/h2-7,16-17,19H,8-15H2,1H3,(H2,30,32)(H,31,34). The number of hydrogen-bond donors (Lipinski definition) is 2. The molecule has 35 heavy (non-hydrogen) atoms. The van der Waals surface area contributed by atoms with E-state index in [0.29, 0.717) is 23.4 Å². The van der Waals surface area contributed by atoms with Crippen LogP contribution >= 0.6 is 11.6 Å². The third kappa shape index (κ3) is 5.06. The minimum absolute atomic E-state index is 0.0265. The fourth-order valence-corrected chi connectivity index (χ4v) is 5.43. The number of anilines is 1. The Morgan fingerprint density at radius 1 is 1.06 bits per heavy atom. The Hall–Kier alpha value is -2.93. The maximum atomic E-state index is 12.1. The molecule has 1 aromatic heterocycles. The second-order valence-corrected chi connectivity index (χ2v) is 9.73. The molecule has 3 N–H and O–H groups in total. The topological polar surface area (TPSA) is 80.5 Å². The molecule has 2 aliphatic heterocycles. The Bertz CT molecular complexity index is 1220. The number of amides is 1. The van der Waals surface area contributed by atoms with Crippen LogP contribution in [0.4, 0.5) is 5.82 Å². The molecule has 0 bridgehead atoms. The molecule has 3 aromatic rings. The number of ether oxygens (including phenoxy) is 1. The third-order valence-electron chi connectivity index (χ3n) is 7.24. The molecule has 1 amide bonds. The maximum absolute atomic E-state index is 12.1. The molecule has 1 fully saturated rings. The number of nitrogens with two attached hydrogens (primary N) is 1. The van der Waals surface area contributed by atoms with E-state index in [0.717, 1.165) is 78.9 Å². The van der Waals surface area contributed by atoms with Crippen LogP contribution in [0.2, 0.25) is 5.15 Å². The van der Waals surface area contributed by atoms with Gasteiger partial charge in [0.25, 0.3) is 5.91 Å². The second kappa shape index (κ2) is 10.4. The van der Waals surface area contributed by atoms with E-state index >= 15 is 0 Å². The van der Waals surface area contributed by atoms with Gasteiger partial charge in [-0.2, -0.15) is 0 Å². The first-order chi connectivity index (χ1) is 17.0. The number of hydrogen-bond acceptors (Lipinski definition) is 5. The number of piperidine rings is 1. The molecule has 0 atom stereocenters. The van der Waals surface area contributed by atoms with E-state index in [9.17, 15) is 4.79 Å². The van der Waals surface area contributed by atoms with Crippen LogP contribution in [-0.4, -0.2) is 55.7 Å². The summed E-state index contributed by atoms with van der Waals surface area (Å²) in [6, 6.07) is 16.5. The largest absolute Gasteiger partial charge is 0.383 e. The van der Waals surface area contributed by atoms with E-state index in [1.165, 1.54) is 5.56 Å². The van der Waals surface area contributed by atoms with Gasteiger partial charge in [0.05, 0.1) is 6.61 Å². The van der Waals surface area contributed by atoms with E-state index < -0.39 is 0 Å². The molecule has 6 nitrogen and oxygen atoms in total. The molecule has 1 saturated heterocycles. The van der Waals surface area contributed by atoms with Crippen molar-refractivity contribution in [3.8, 4) is 22.3 Å². The van der Waals surface area contributed by atoms with E-state index in [1.807, 2.05) is 24.3 Å². The molecule has 0 spiro atoms. The number of likely N-dealkylation sites (tertiary alicyclic amines) is 1. The van der Waals surface area contributed by atoms with Crippen LogP contribution < -0.4 is 11.1 Å². The van der Waals surface area contributed by atoms with Gasteiger partial charge in [0, 0.05) is 36.9 Å². The first-order valence-electron chi connectivity index (χ1n) is 12.2. The number of carbonyl (C=O) groups excluding carboxylic acids is 1. The number of methoxy groups -OCH3 is 1. The van der Waals surface area contributed by atoms with Gasteiger partial charge in [0.1, 0.15) is 11.0 Å². The Morgan fingerprint density at radius 2 is 1.80 bits per heavy atom. The van der Waals surface area contributed by atoms with Gasteiger partial charge in [-0.3, -0.25) is 4.79 Å². The first-order valence-corrected chi connectivity index (χ1v) is 12.6. The Morgan fingerprint density at radius 3 is 2.54 bits per heavy atom. The van der Waals surface area contributed by atoms with Crippen LogP contribution in [-0.2, 0) is 11.2 Å². The number of nitrogens with one attached hydrogen (secondary N) is 1. The van der Waals surface area contributed by atoms with Crippen LogP contribution in [0, 0.1) is 0 Å². The van der Waals surface area contributed by atoms with Crippen LogP contribution in [0.25, 0.3) is 22.3 Å². The fraction of sp³-hybridized carbons (Fsp3) is 0.357. The number of nitrogen functional groups attached to an aromatic ring is 1. The van der Waals surface area contributed by atoms with Gasteiger partial charge in [-0.25, -0.2) is 4.98 Å². The quantitative estimate of drug-likeness (QED) is 0.487. The summed E-state index contributed by atoms with van der Waals surface area (Å²) < 4.78 is 5.21. The zero-order valence-electron chi connectivity index (χ0n) is 20.0. The van der Waals surface area contributed by atoms with Crippen LogP contribution in [0.3, 0.4) is 0 Å². The average molecular weight is 491 g/mol. The zero-order chi connectivity index (χ0) is 24.4. The van der Waals surface area contributed by atoms with Crippen molar-refractivity contribution in [3.63, 3.8) is 0 Å². The lowest BCUT2D eigenvalue weighted by Gasteiger charge is -2.32. The highest BCUT2D eigenvalue weighted by Crippen LogP contribution is 2.36. The molecule has 7 heteroatoms. The Balaban J connectivity index is 1.37. The number of carbonyl (C=O) groups is 1. The van der Waals surface area contributed by atoms with Crippen LogP contribution in [0.15, 0.2) is 48.5 Å². The normalized spacial score (nSPS) is 16.7. The highest BCUT2D eigenvalue weighted by molar-refractivity contribution is 6.32. The number of rotatable bonds is 6. The van der Waals surface area contributed by atoms with E-state index in [1.54, 1.807) is 7.11 Å². The van der Waals surface area contributed by atoms with Gasteiger partial charge in [-0.05, 0) is 72.7 Å². The van der Waals surface area contributed by atoms with Crippen molar-refractivity contribution >= 4 is 23.3 Å². The number of benzene rings is 2. The Kier molecular flexibility index (Phi) is 7.04. The van der Waals surface area contributed by atoms with E-state index in [4.69, 9.17) is 22.1 Å². The average Bonchev–Trinajstić information content (AvgIpc) is 2.88. The van der Waals surface area contributed by atoms with Gasteiger partial charge in [0.2, 0.25) is 0 Å². The Labute approximate surface area is 211 Å². The van der Waals surface area contributed by atoms with Crippen molar-refractivity contribution in [1.82, 2.24) is 15.2 Å². The van der Waals surface area contributed by atoms with Gasteiger partial charge in [0.15, 0.2) is 0 Å². The monoisotopic (exact) mass is 490 g/mol. The van der Waals surface area contributed by atoms with Crippen LogP contribution in [0.1, 0.15) is 40.2 Å². The molecule has 2 aliphatic rings. The highest BCUT2D eigenvalue weighted by atomic mass is 35.5. The van der Waals surface area contributed by atoms with Crippen molar-refractivity contribution < 1.29 is 9.53 Å². The molecule has 3 heterocycles. The summed E-state index contributed by atoms with van der Waals surface area (Å²) in [6.45, 7) is 4.65. The summed E-state index contributed by atoms with van der Waals surface area (Å²) in [5.74, 6) is 0.934. The molecule has 0 aliphatic carbocycles. The van der Waals surface area contributed by atoms with Gasteiger partial charge >= 0.3 is 0 Å². The molecular formula is C28H31ClN4O2. The lowest BCUT2D eigenvalue weighted by atomic mass is 9.88. The fourth-order valence-electron chi connectivity index (χ4n) is 5.18. The minimum atomic E-state index is -0.0265. The lowest BCUT2D eigenvalue weighted by molar-refractivity contribution is 0.0946. The molecule has 182 valence electrons. The van der Waals surface area contributed by atoms with Crippen molar-refractivity contribution in [2.75, 3.05) is 45.6 Å². The summed E-state index contributed by atoms with van der Waals surface area (Å²) in [7, 11) is 1.76.